The van der Waals surface area contributed by atoms with Gasteiger partial charge in [-0.3, -0.25) is 0 Å². The van der Waals surface area contributed by atoms with Crippen LogP contribution in [0.3, 0.4) is 0 Å². The van der Waals surface area contributed by atoms with E-state index in [1.165, 1.54) is 0 Å². The molecule has 0 aromatic heterocycles. The Labute approximate surface area is 71.6 Å². The lowest BCUT2D eigenvalue weighted by atomic mass is 10.3. The number of fused-ring (bicyclic) bond motifs is 1. The van der Waals surface area contributed by atoms with Crippen LogP contribution in [0.1, 0.15) is 1.37 Å². The quantitative estimate of drug-likeness (QED) is 0.486. The van der Waals surface area contributed by atoms with Crippen LogP contribution in [-0.2, 0) is 10.3 Å². The van der Waals surface area contributed by atoms with Crippen molar-refractivity contribution in [1.82, 2.24) is 0 Å². The molecule has 1 aromatic carbocycles. The van der Waals surface area contributed by atoms with Crippen molar-refractivity contribution in [2.75, 3.05) is 0 Å². The molecule has 0 atom stereocenters. The molecule has 0 fully saturated rings. The Balaban J connectivity index is 3.05. The van der Waals surface area contributed by atoms with E-state index in [0.29, 0.717) is 10.6 Å². The highest BCUT2D eigenvalue weighted by Gasteiger charge is 2.00. The van der Waals surface area contributed by atoms with E-state index in [9.17, 15) is 8.42 Å². The van der Waals surface area contributed by atoms with E-state index < -0.39 is 10.3 Å². The number of para-hydroxylation sites is 1. The van der Waals surface area contributed by atoms with Gasteiger partial charge in [0.05, 0.1) is 6.73 Å². The Morgan fingerprint density at radius 3 is 2.75 bits per heavy atom. The van der Waals surface area contributed by atoms with Crippen LogP contribution < -0.4 is 10.6 Å². The molecule has 1 aliphatic rings. The number of hydrogen-bond acceptors (Lipinski definition) is 2. The fourth-order valence-corrected chi connectivity index (χ4v) is 1.37. The maximum absolute atomic E-state index is 10.6. The molecule has 0 aliphatic carbocycles. The normalized spacial score (nSPS) is 15.2. The molecule has 0 amide bonds. The minimum absolute atomic E-state index is 0.0241. The summed E-state index contributed by atoms with van der Waals surface area (Å²) in [4.78, 5) is 3.63. The fraction of sp³-hybridized carbons (Fsp3) is 0. The van der Waals surface area contributed by atoms with Gasteiger partial charge >= 0.3 is 0 Å². The third-order valence-electron chi connectivity index (χ3n) is 1.53. The minimum Gasteiger partial charge on any atom is -0.232 e. The number of benzene rings is 1. The number of hydrogen-bond donors (Lipinski definition) is 0. The molecule has 0 radical (unpaired) electrons. The molecule has 0 spiro atoms. The monoisotopic (exact) mass is 180 g/mol. The fourth-order valence-electron chi connectivity index (χ4n) is 1.01. The molecule has 0 saturated heterocycles. The maximum Gasteiger partial charge on any atom is 0.240 e. The van der Waals surface area contributed by atoms with Crippen LogP contribution in [0.15, 0.2) is 29.3 Å². The largest absolute Gasteiger partial charge is 0.240 e. The molecular formula is C8H5NO2S. The second-order valence-corrected chi connectivity index (χ2v) is 3.15. The molecule has 60 valence electrons. The molecule has 0 bridgehead atoms. The molecule has 2 rings (SSSR count). The van der Waals surface area contributed by atoms with Crippen molar-refractivity contribution >= 4 is 21.3 Å². The van der Waals surface area contributed by atoms with Crippen LogP contribution >= 0.6 is 0 Å². The van der Waals surface area contributed by atoms with Crippen molar-refractivity contribution in [3.8, 4) is 0 Å². The van der Waals surface area contributed by atoms with Gasteiger partial charge in [-0.1, -0.05) is 18.2 Å². The van der Waals surface area contributed by atoms with Gasteiger partial charge in [-0.15, -0.1) is 0 Å². The number of nitrogens with zero attached hydrogens (tertiary/aromatic N) is 1. The van der Waals surface area contributed by atoms with Crippen LogP contribution in [0.5, 0.6) is 0 Å². The minimum atomic E-state index is -2.42. The van der Waals surface area contributed by atoms with E-state index in [4.69, 9.17) is 1.37 Å². The highest BCUT2D eigenvalue weighted by atomic mass is 32.2. The Morgan fingerprint density at radius 2 is 2.08 bits per heavy atom. The smallest absolute Gasteiger partial charge is 0.232 e. The number of rotatable bonds is 0. The van der Waals surface area contributed by atoms with Crippen molar-refractivity contribution in [2.45, 2.75) is 0 Å². The average Bonchev–Trinajstić information content (AvgIpc) is 2.45. The van der Waals surface area contributed by atoms with Crippen LogP contribution in [0.25, 0.3) is 6.05 Å². The Morgan fingerprint density at radius 1 is 1.33 bits per heavy atom. The summed E-state index contributed by atoms with van der Waals surface area (Å²) in [7, 11) is -2.42. The van der Waals surface area contributed by atoms with Crippen LogP contribution in [0.4, 0.5) is 0 Å². The van der Waals surface area contributed by atoms with Gasteiger partial charge in [0.1, 0.15) is 0 Å². The van der Waals surface area contributed by atoms with E-state index in [0.717, 1.165) is 0 Å². The zero-order valence-corrected chi connectivity index (χ0v) is 6.80. The standard InChI is InChI=1S/C8H5NO2S/c10-12(11)8-5-6-3-1-2-4-7(6)9-8/h1-5H/i5D. The lowest BCUT2D eigenvalue weighted by Crippen LogP contribution is -2.19. The summed E-state index contributed by atoms with van der Waals surface area (Å²) in [5.74, 6) is 0. The first-order chi connectivity index (χ1) is 6.20. The lowest BCUT2D eigenvalue weighted by molar-refractivity contribution is 0.627. The van der Waals surface area contributed by atoms with Gasteiger partial charge in [-0.2, -0.15) is 8.42 Å². The van der Waals surface area contributed by atoms with Crippen LogP contribution in [0, 0.1) is 0 Å². The van der Waals surface area contributed by atoms with E-state index in [1.807, 2.05) is 0 Å². The summed E-state index contributed by atoms with van der Waals surface area (Å²) in [6.45, 7) is 0. The molecule has 4 heteroatoms. The van der Waals surface area contributed by atoms with Crippen LogP contribution in [0.2, 0.25) is 0 Å². The van der Waals surface area contributed by atoms with Gasteiger partial charge in [0.15, 0.2) is 4.99 Å². The van der Waals surface area contributed by atoms with Gasteiger partial charge in [0.2, 0.25) is 10.3 Å². The predicted molar refractivity (Wildman–Crippen MR) is 45.6 cm³/mol. The molecule has 1 heterocycles. The first-order valence-corrected chi connectivity index (χ1v) is 4.39. The molecule has 1 aliphatic heterocycles. The Bertz CT molecular complexity index is 608. The molecule has 3 nitrogen and oxygen atoms in total. The summed E-state index contributed by atoms with van der Waals surface area (Å²) in [6, 6.07) is 6.85. The molecule has 0 N–H and O–H groups in total. The van der Waals surface area contributed by atoms with Gasteiger partial charge in [0.25, 0.3) is 0 Å². The van der Waals surface area contributed by atoms with E-state index in [-0.39, 0.29) is 11.0 Å². The topological polar surface area (TPSA) is 46.5 Å². The third-order valence-corrected chi connectivity index (χ3v) is 2.03. The van der Waals surface area contributed by atoms with Gasteiger partial charge < -0.3 is 0 Å². The van der Waals surface area contributed by atoms with E-state index in [2.05, 4.69) is 4.99 Å². The van der Waals surface area contributed by atoms with Gasteiger partial charge in [-0.25, -0.2) is 4.99 Å². The van der Waals surface area contributed by atoms with Crippen LogP contribution in [-0.4, -0.2) is 13.4 Å². The van der Waals surface area contributed by atoms with Crippen molar-refractivity contribution in [3.05, 3.63) is 34.8 Å². The summed E-state index contributed by atoms with van der Waals surface area (Å²) >= 11 is 0. The first kappa shape index (κ1) is 6.14. The predicted octanol–water partition coefficient (Wildman–Crippen LogP) is -0.891. The zero-order chi connectivity index (χ0) is 9.42. The molecular weight excluding hydrogens is 174 g/mol. The van der Waals surface area contributed by atoms with Crippen molar-refractivity contribution in [3.63, 3.8) is 0 Å². The summed E-state index contributed by atoms with van der Waals surface area (Å²) in [5.41, 5.74) is 0. The average molecular weight is 180 g/mol. The summed E-state index contributed by atoms with van der Waals surface area (Å²) in [6.07, 6.45) is 0. The van der Waals surface area contributed by atoms with Gasteiger partial charge in [-0.05, 0) is 12.1 Å². The third kappa shape index (κ3) is 1.06. The van der Waals surface area contributed by atoms with Crippen molar-refractivity contribution in [1.29, 1.82) is 0 Å². The maximum atomic E-state index is 10.6. The summed E-state index contributed by atoms with van der Waals surface area (Å²) in [5, 5.41) is 1.12. The Hall–Kier alpha value is -1.42. The molecule has 1 aromatic rings. The second kappa shape index (κ2) is 2.57. The SMILES string of the molecule is [2H]C1=c2ccccc2=NC1=S(=O)=O. The second-order valence-electron chi connectivity index (χ2n) is 2.29. The first-order valence-electron chi connectivity index (χ1n) is 3.81. The highest BCUT2D eigenvalue weighted by Crippen LogP contribution is 1.84. The van der Waals surface area contributed by atoms with E-state index in [1.54, 1.807) is 24.3 Å². The molecule has 12 heavy (non-hydrogen) atoms. The molecule has 0 saturated carbocycles. The van der Waals surface area contributed by atoms with E-state index >= 15 is 0 Å². The molecule has 0 unspecified atom stereocenters. The zero-order valence-electron chi connectivity index (χ0n) is 6.98. The van der Waals surface area contributed by atoms with Crippen molar-refractivity contribution in [2.24, 2.45) is 4.99 Å². The lowest BCUT2D eigenvalue weighted by Gasteiger charge is -1.77. The van der Waals surface area contributed by atoms with Crippen molar-refractivity contribution < 1.29 is 9.79 Å². The van der Waals surface area contributed by atoms with Gasteiger partial charge in [0, 0.05) is 5.22 Å². The Kier molecular flexibility index (Phi) is 1.31. The highest BCUT2D eigenvalue weighted by molar-refractivity contribution is 7.73. The summed E-state index contributed by atoms with van der Waals surface area (Å²) < 4.78 is 28.7.